The molecule has 0 saturated heterocycles. The first-order valence-corrected chi connectivity index (χ1v) is 23.2. The predicted molar refractivity (Wildman–Crippen MR) is 248 cm³/mol. The van der Waals surface area contributed by atoms with Crippen molar-refractivity contribution in [2.45, 2.75) is 114 Å². The fourth-order valence-electron chi connectivity index (χ4n) is 8.87. The van der Waals surface area contributed by atoms with Crippen molar-refractivity contribution in [3.8, 4) is 0 Å². The summed E-state index contributed by atoms with van der Waals surface area (Å²) in [6.45, 7) is 25.7. The Morgan fingerprint density at radius 2 is 0.804 bits per heavy atom. The van der Waals surface area contributed by atoms with Gasteiger partial charge in [-0.25, -0.2) is 0 Å². The van der Waals surface area contributed by atoms with Crippen LogP contribution < -0.4 is 31.8 Å². The highest BCUT2D eigenvalue weighted by molar-refractivity contribution is 7.80. The summed E-state index contributed by atoms with van der Waals surface area (Å²) in [6.07, 6.45) is 3.92. The van der Waals surface area contributed by atoms with Gasteiger partial charge < -0.3 is 4.74 Å². The quantitative estimate of drug-likeness (QED) is 0.140. The molecule has 1 nitrogen and oxygen atoms in total. The van der Waals surface area contributed by atoms with Crippen molar-refractivity contribution in [3.05, 3.63) is 175 Å². The van der Waals surface area contributed by atoms with Crippen LogP contribution in [0.3, 0.4) is 0 Å². The maximum Gasteiger partial charge on any atom is 0.0726 e. The molecule has 0 radical (unpaired) electrons. The zero-order valence-corrected chi connectivity index (χ0v) is 37.4. The molecule has 0 spiro atoms. The molecule has 0 fully saturated rings. The van der Waals surface area contributed by atoms with Crippen LogP contribution in [0.1, 0.15) is 93.1 Å². The first-order valence-electron chi connectivity index (χ1n) is 20.5. The minimum absolute atomic E-state index is 0.223. The van der Waals surface area contributed by atoms with Gasteiger partial charge in [-0.2, -0.15) is 0 Å². The van der Waals surface area contributed by atoms with Gasteiger partial charge in [0.25, 0.3) is 0 Å². The Morgan fingerprint density at radius 1 is 0.429 bits per heavy atom. The summed E-state index contributed by atoms with van der Waals surface area (Å²) in [5, 5.41) is 9.11. The molecule has 0 saturated carbocycles. The Bertz CT molecular complexity index is 2230. The Hall–Kier alpha value is -3.86. The summed E-state index contributed by atoms with van der Waals surface area (Å²) >= 11 is 0. The van der Waals surface area contributed by atoms with Crippen LogP contribution in [-0.2, 0) is 37.0 Å². The van der Waals surface area contributed by atoms with E-state index in [1.54, 1.807) is 0 Å². The first-order chi connectivity index (χ1) is 26.7. The summed E-state index contributed by atoms with van der Waals surface area (Å²) in [5.41, 5.74) is 18.0. The number of aryl methyl sites for hydroxylation is 12. The van der Waals surface area contributed by atoms with Crippen molar-refractivity contribution in [2.75, 3.05) is 0 Å². The topological polar surface area (TPSA) is 9.23 Å². The van der Waals surface area contributed by atoms with Crippen molar-refractivity contribution in [2.24, 2.45) is 0 Å². The average molecular weight is 775 g/mol. The average Bonchev–Trinajstić information content (AvgIpc) is 3.13. The van der Waals surface area contributed by atoms with Crippen LogP contribution in [0.15, 0.2) is 103 Å². The normalized spacial score (nSPS) is 13.1. The SMILES string of the molecule is Cc1cccc(C)c1P(c1cc2c(COC(C)(C)C)cc1CCc1ccc(c(P(c3c(C)cccc3C)c3c(C)cccc3C)c1)CC2)c1c(C)cccc1C. The molecule has 56 heavy (non-hydrogen) atoms. The highest BCUT2D eigenvalue weighted by Gasteiger charge is 2.30. The van der Waals surface area contributed by atoms with Crippen LogP contribution in [0.5, 0.6) is 0 Å². The lowest BCUT2D eigenvalue weighted by molar-refractivity contribution is -0.0152. The fourth-order valence-corrected chi connectivity index (χ4v) is 15.2. The second-order valence-corrected chi connectivity index (χ2v) is 21.3. The summed E-state index contributed by atoms with van der Waals surface area (Å²) in [6, 6.07) is 40.2. The molecule has 0 amide bonds. The Morgan fingerprint density at radius 3 is 1.21 bits per heavy atom. The largest absolute Gasteiger partial charge is 0.371 e. The van der Waals surface area contributed by atoms with Gasteiger partial charge in [-0.05, 0) is 228 Å². The molecule has 0 unspecified atom stereocenters. The molecule has 4 bridgehead atoms. The molecule has 4 aliphatic rings. The van der Waals surface area contributed by atoms with Gasteiger partial charge >= 0.3 is 0 Å². The van der Waals surface area contributed by atoms with Gasteiger partial charge in [0.2, 0.25) is 0 Å². The molecule has 10 rings (SSSR count). The maximum atomic E-state index is 6.62. The Labute approximate surface area is 340 Å². The van der Waals surface area contributed by atoms with Crippen LogP contribution in [0.2, 0.25) is 0 Å². The first kappa shape index (κ1) is 40.3. The van der Waals surface area contributed by atoms with Crippen molar-refractivity contribution in [1.82, 2.24) is 0 Å². The van der Waals surface area contributed by atoms with Gasteiger partial charge in [0.15, 0.2) is 0 Å². The van der Waals surface area contributed by atoms with Crippen molar-refractivity contribution in [1.29, 1.82) is 0 Å². The van der Waals surface area contributed by atoms with E-state index in [1.165, 1.54) is 104 Å². The number of rotatable bonds is 8. The molecule has 6 aromatic rings. The minimum atomic E-state index is -0.813. The lowest BCUT2D eigenvalue weighted by atomic mass is 9.93. The van der Waals surface area contributed by atoms with Gasteiger partial charge in [-0.1, -0.05) is 97.1 Å². The molecule has 4 aliphatic carbocycles. The van der Waals surface area contributed by atoms with E-state index in [2.05, 4.69) is 179 Å². The van der Waals surface area contributed by atoms with E-state index in [4.69, 9.17) is 4.74 Å². The van der Waals surface area contributed by atoms with E-state index < -0.39 is 15.8 Å². The second-order valence-electron chi connectivity index (χ2n) is 17.2. The molecule has 3 heteroatoms. The molecule has 0 heterocycles. The van der Waals surface area contributed by atoms with Crippen LogP contribution in [0, 0.1) is 55.4 Å². The molecule has 288 valence electrons. The third-order valence-electron chi connectivity index (χ3n) is 11.7. The smallest absolute Gasteiger partial charge is 0.0726 e. The van der Waals surface area contributed by atoms with E-state index in [0.717, 1.165) is 25.7 Å². The van der Waals surface area contributed by atoms with Gasteiger partial charge in [0.05, 0.1) is 12.2 Å². The van der Waals surface area contributed by atoms with Gasteiger partial charge in [0.1, 0.15) is 0 Å². The van der Waals surface area contributed by atoms with Gasteiger partial charge in [-0.15, -0.1) is 0 Å². The number of hydrogen-bond donors (Lipinski definition) is 0. The Balaban J connectivity index is 1.45. The highest BCUT2D eigenvalue weighted by atomic mass is 31.1. The number of benzene rings is 6. The third-order valence-corrected chi connectivity index (χ3v) is 18.1. The third kappa shape index (κ3) is 8.25. The molecular weight excluding hydrogens is 715 g/mol. The summed E-state index contributed by atoms with van der Waals surface area (Å²) in [4.78, 5) is 0. The molecular formula is C53H60OP2. The molecule has 0 N–H and O–H groups in total. The van der Waals surface area contributed by atoms with E-state index in [1.807, 2.05) is 0 Å². The standard InChI is InChI=1S/C53H60OP2/c1-34-16-12-17-35(2)49(34)55(50-36(3)18-13-19-37(50)4)47-30-42-24-26-43(47)28-29-44-32-48(45(27-25-42)31-46(44)33-54-53(9,10)11)56(51-38(5)20-14-21-39(51)6)52-40(7)22-15-23-41(52)8/h12-24,26,30-32H,25,27-29,33H2,1-11H3. The molecule has 0 atom stereocenters. The lowest BCUT2D eigenvalue weighted by Gasteiger charge is -2.31. The van der Waals surface area contributed by atoms with E-state index in [9.17, 15) is 0 Å². The van der Waals surface area contributed by atoms with Crippen LogP contribution >= 0.6 is 15.8 Å². The fraction of sp³-hybridized carbons (Fsp3) is 0.321. The van der Waals surface area contributed by atoms with Gasteiger partial charge in [-0.3, -0.25) is 0 Å². The zero-order valence-electron chi connectivity index (χ0n) is 35.7. The van der Waals surface area contributed by atoms with E-state index in [0.29, 0.717) is 6.61 Å². The molecule has 0 aromatic heterocycles. The number of hydrogen-bond acceptors (Lipinski definition) is 1. The monoisotopic (exact) mass is 774 g/mol. The van der Waals surface area contributed by atoms with Crippen LogP contribution in [0.25, 0.3) is 0 Å². The Kier molecular flexibility index (Phi) is 11.9. The van der Waals surface area contributed by atoms with Crippen molar-refractivity contribution >= 4 is 47.7 Å². The highest BCUT2D eigenvalue weighted by Crippen LogP contribution is 2.42. The molecule has 6 aromatic carbocycles. The van der Waals surface area contributed by atoms with Gasteiger partial charge in [0, 0.05) is 0 Å². The van der Waals surface area contributed by atoms with Crippen molar-refractivity contribution < 1.29 is 4.74 Å². The second kappa shape index (κ2) is 16.5. The predicted octanol–water partition coefficient (Wildman–Crippen LogP) is 10.9. The number of ether oxygens (including phenoxy) is 1. The van der Waals surface area contributed by atoms with Crippen molar-refractivity contribution in [3.63, 3.8) is 0 Å². The van der Waals surface area contributed by atoms with Crippen LogP contribution in [0.4, 0.5) is 0 Å². The lowest BCUT2D eigenvalue weighted by Crippen LogP contribution is -2.31. The van der Waals surface area contributed by atoms with E-state index >= 15 is 0 Å². The zero-order chi connectivity index (χ0) is 39.9. The minimum Gasteiger partial charge on any atom is -0.371 e. The van der Waals surface area contributed by atoms with E-state index in [-0.39, 0.29) is 5.60 Å². The summed E-state index contributed by atoms with van der Waals surface area (Å²) in [5.74, 6) is 0. The van der Waals surface area contributed by atoms with Crippen LogP contribution in [-0.4, -0.2) is 5.60 Å². The maximum absolute atomic E-state index is 6.62. The molecule has 0 aliphatic heterocycles. The summed E-state index contributed by atoms with van der Waals surface area (Å²) < 4.78 is 6.62. The summed E-state index contributed by atoms with van der Waals surface area (Å²) in [7, 11) is -1.60.